The van der Waals surface area contributed by atoms with E-state index in [1.807, 2.05) is 0 Å². The van der Waals surface area contributed by atoms with E-state index in [4.69, 9.17) is 0 Å². The van der Waals surface area contributed by atoms with Crippen molar-refractivity contribution < 1.29 is 51.0 Å². The number of fused-ring (bicyclic) bond motifs is 4. The molecule has 32 heavy (non-hydrogen) atoms. The van der Waals surface area contributed by atoms with E-state index >= 15 is 0 Å². The number of allylic oxidation sites excluding steroid dienone is 4. The number of rotatable bonds is 0. The molecule has 0 saturated carbocycles. The second-order valence-electron chi connectivity index (χ2n) is 8.37. The van der Waals surface area contributed by atoms with E-state index < -0.39 is 0 Å². The Kier molecular flexibility index (Phi) is 13.4. The van der Waals surface area contributed by atoms with Crippen LogP contribution >= 0.6 is 0 Å². The first kappa shape index (κ1) is 29.4. The van der Waals surface area contributed by atoms with Crippen LogP contribution in [0, 0.1) is 12.8 Å². The Labute approximate surface area is 229 Å². The molecule has 4 aliphatic rings. The van der Waals surface area contributed by atoms with Gasteiger partial charge in [-0.1, -0.05) is 98.4 Å². The predicted molar refractivity (Wildman–Crippen MR) is 128 cm³/mol. The zero-order valence-electron chi connectivity index (χ0n) is 19.2. The maximum atomic E-state index is 2.43. The van der Waals surface area contributed by atoms with Gasteiger partial charge in [-0.25, -0.2) is 24.0 Å². The van der Waals surface area contributed by atoms with Gasteiger partial charge in [0, 0.05) is 9.52 Å². The first-order valence-corrected chi connectivity index (χ1v) is 13.2. The minimum Gasteiger partial charge on any atom is -1.00 e. The number of hydrogen-bond acceptors (Lipinski definition) is 0. The normalized spacial score (nSPS) is 16.3. The average molecular weight is 559 g/mol. The van der Waals surface area contributed by atoms with Gasteiger partial charge in [0.1, 0.15) is 0 Å². The largest absolute Gasteiger partial charge is 4.00 e. The van der Waals surface area contributed by atoms with Gasteiger partial charge in [0.2, 0.25) is 0 Å². The Morgan fingerprint density at radius 2 is 1.03 bits per heavy atom. The van der Waals surface area contributed by atoms with Gasteiger partial charge in [-0.3, -0.25) is 0 Å². The fraction of sp³-hybridized carbons (Fsp3) is 0.357. The van der Waals surface area contributed by atoms with E-state index in [-0.39, 0.29) is 51.0 Å². The smallest absolute Gasteiger partial charge is 1.00 e. The Bertz CT molecular complexity index is 857. The van der Waals surface area contributed by atoms with Gasteiger partial charge in [-0.05, 0) is 12.8 Å². The van der Waals surface area contributed by atoms with Crippen molar-refractivity contribution in [1.29, 1.82) is 0 Å². The van der Waals surface area contributed by atoms with Crippen molar-refractivity contribution >= 4 is 20.7 Å². The zero-order chi connectivity index (χ0) is 20.1. The molecule has 0 heterocycles. The topological polar surface area (TPSA) is 0 Å². The van der Waals surface area contributed by atoms with Crippen molar-refractivity contribution in [3.05, 3.63) is 94.8 Å². The summed E-state index contributed by atoms with van der Waals surface area (Å²) in [6.07, 6.45) is 15.1. The number of hydrogen-bond donors (Lipinski definition) is 0. The van der Waals surface area contributed by atoms with Crippen molar-refractivity contribution in [2.24, 2.45) is 0 Å². The van der Waals surface area contributed by atoms with E-state index in [1.54, 1.807) is 22.3 Å². The van der Waals surface area contributed by atoms with Gasteiger partial charge >= 0.3 is 26.2 Å². The standard InChI is InChI=1S/2C13H13.C2H6Si.2ClH.Zr/c2*1-3-7-12-10(5-1)9-11-6-2-4-8-13(11)12;1-3-2;;;/h2*1,3,5-7H,2,4,8-9H2;1-2H3;2*1H;/q2*-1;;;;+4/p-2. The summed E-state index contributed by atoms with van der Waals surface area (Å²) in [5.74, 6) is 0. The molecule has 4 heteroatoms. The number of halogens is 2. The van der Waals surface area contributed by atoms with Crippen LogP contribution in [0.25, 0.3) is 11.1 Å². The summed E-state index contributed by atoms with van der Waals surface area (Å²) >= 11 is 0. The Morgan fingerprint density at radius 3 is 1.44 bits per heavy atom. The Morgan fingerprint density at radius 1 is 0.656 bits per heavy atom. The molecule has 0 N–H and O–H groups in total. The van der Waals surface area contributed by atoms with Crippen LogP contribution in [0.4, 0.5) is 0 Å². The molecule has 0 aliphatic heterocycles. The molecular weight excluding hydrogens is 527 g/mol. The molecule has 0 unspecified atom stereocenters. The van der Waals surface area contributed by atoms with Crippen molar-refractivity contribution in [2.45, 2.75) is 64.5 Å². The molecule has 0 atom stereocenters. The molecule has 2 aromatic rings. The molecule has 166 valence electrons. The van der Waals surface area contributed by atoms with Crippen LogP contribution in [0.3, 0.4) is 0 Å². The summed E-state index contributed by atoms with van der Waals surface area (Å²) < 4.78 is 0. The third kappa shape index (κ3) is 6.69. The fourth-order valence-electron chi connectivity index (χ4n) is 5.00. The SMILES string of the molecule is C[Si]C.[Cl-].[Cl-].[Zr+4].c1ccc2c(c1)CC1=C2CCC[CH-]1.c1ccc2c(c1)CC1=C2CCC[CH-]1. The molecule has 2 aromatic carbocycles. The first-order valence-electron chi connectivity index (χ1n) is 11.2. The summed E-state index contributed by atoms with van der Waals surface area (Å²) in [4.78, 5) is 0. The van der Waals surface area contributed by atoms with E-state index in [2.05, 4.69) is 74.5 Å². The van der Waals surface area contributed by atoms with Gasteiger partial charge < -0.3 is 24.8 Å². The molecule has 0 aromatic heterocycles. The summed E-state index contributed by atoms with van der Waals surface area (Å²) in [6.45, 7) is 4.31. The first-order chi connectivity index (χ1) is 14.3. The maximum Gasteiger partial charge on any atom is 4.00 e. The van der Waals surface area contributed by atoms with Gasteiger partial charge in [0.15, 0.2) is 0 Å². The van der Waals surface area contributed by atoms with Crippen LogP contribution in [0.15, 0.2) is 59.7 Å². The van der Waals surface area contributed by atoms with E-state index in [1.165, 1.54) is 73.6 Å². The van der Waals surface area contributed by atoms with Crippen molar-refractivity contribution in [2.75, 3.05) is 0 Å². The van der Waals surface area contributed by atoms with Crippen molar-refractivity contribution in [3.63, 3.8) is 0 Å². The monoisotopic (exact) mass is 556 g/mol. The van der Waals surface area contributed by atoms with Crippen LogP contribution in [0.2, 0.25) is 13.1 Å². The van der Waals surface area contributed by atoms with Crippen LogP contribution in [-0.2, 0) is 39.0 Å². The quantitative estimate of drug-likeness (QED) is 0.340. The van der Waals surface area contributed by atoms with Gasteiger partial charge in [0.05, 0.1) is 0 Å². The van der Waals surface area contributed by atoms with Crippen LogP contribution in [0.1, 0.15) is 60.8 Å². The molecule has 0 fully saturated rings. The van der Waals surface area contributed by atoms with Gasteiger partial charge in [0.25, 0.3) is 0 Å². The summed E-state index contributed by atoms with van der Waals surface area (Å²) in [5, 5.41) is 0. The van der Waals surface area contributed by atoms with Crippen LogP contribution in [-0.4, -0.2) is 9.52 Å². The van der Waals surface area contributed by atoms with Gasteiger partial charge in [-0.2, -0.15) is 11.1 Å². The molecule has 2 radical (unpaired) electrons. The molecule has 0 nitrogen and oxygen atoms in total. The summed E-state index contributed by atoms with van der Waals surface area (Å²) in [5.41, 5.74) is 12.6. The number of benzene rings is 2. The third-order valence-corrected chi connectivity index (χ3v) is 6.27. The second-order valence-corrected chi connectivity index (χ2v) is 9.37. The van der Waals surface area contributed by atoms with Crippen molar-refractivity contribution in [3.8, 4) is 0 Å². The van der Waals surface area contributed by atoms with E-state index in [9.17, 15) is 0 Å². The third-order valence-electron chi connectivity index (χ3n) is 6.27. The molecule has 6 rings (SSSR count). The summed E-state index contributed by atoms with van der Waals surface area (Å²) in [7, 11) is 1.08. The van der Waals surface area contributed by atoms with Crippen molar-refractivity contribution in [1.82, 2.24) is 0 Å². The second kappa shape index (κ2) is 14.6. The predicted octanol–water partition coefficient (Wildman–Crippen LogP) is 1.56. The van der Waals surface area contributed by atoms with Crippen LogP contribution < -0.4 is 24.8 Å². The Balaban J connectivity index is 0.000000264. The molecule has 0 saturated heterocycles. The fourth-order valence-corrected chi connectivity index (χ4v) is 5.00. The van der Waals surface area contributed by atoms with E-state index in [0.29, 0.717) is 0 Å². The van der Waals surface area contributed by atoms with E-state index in [0.717, 1.165) is 9.52 Å². The molecule has 0 spiro atoms. The average Bonchev–Trinajstić information content (AvgIpc) is 3.33. The molecule has 4 aliphatic carbocycles. The maximum absolute atomic E-state index is 2.43. The minimum atomic E-state index is 0. The van der Waals surface area contributed by atoms with Crippen LogP contribution in [0.5, 0.6) is 0 Å². The van der Waals surface area contributed by atoms with Gasteiger partial charge in [-0.15, -0.1) is 24.0 Å². The molecule has 0 bridgehead atoms. The summed E-state index contributed by atoms with van der Waals surface area (Å²) in [6, 6.07) is 17.7. The zero-order valence-corrected chi connectivity index (χ0v) is 24.2. The molecule has 0 amide bonds. The minimum absolute atomic E-state index is 0. The Hall–Kier alpha value is -0.660. The molecular formula is C28H32Cl2SiZr.